The summed E-state index contributed by atoms with van der Waals surface area (Å²) in [6, 6.07) is 9.71. The van der Waals surface area contributed by atoms with Gasteiger partial charge in [-0.1, -0.05) is 23.4 Å². The van der Waals surface area contributed by atoms with Crippen molar-refractivity contribution in [2.45, 2.75) is 6.04 Å². The van der Waals surface area contributed by atoms with Crippen LogP contribution in [0.25, 0.3) is 5.69 Å². The molecule has 1 aromatic carbocycles. The number of hydrogen-bond acceptors (Lipinski definition) is 5. The second-order valence-corrected chi connectivity index (χ2v) is 4.40. The van der Waals surface area contributed by atoms with E-state index in [1.807, 2.05) is 44.4 Å². The van der Waals surface area contributed by atoms with E-state index in [0.29, 0.717) is 0 Å². The van der Waals surface area contributed by atoms with Crippen LogP contribution in [0.15, 0.2) is 42.7 Å². The average molecular weight is 269 g/mol. The van der Waals surface area contributed by atoms with Gasteiger partial charge in [0, 0.05) is 7.05 Å². The molecule has 0 bridgehead atoms. The molecular weight excluding hydrogens is 254 g/mol. The van der Waals surface area contributed by atoms with Crippen molar-refractivity contribution in [2.75, 3.05) is 7.05 Å². The van der Waals surface area contributed by atoms with Crippen LogP contribution in [0.5, 0.6) is 0 Å². The van der Waals surface area contributed by atoms with Gasteiger partial charge in [0.15, 0.2) is 0 Å². The molecule has 0 aliphatic rings. The van der Waals surface area contributed by atoms with E-state index >= 15 is 0 Å². The van der Waals surface area contributed by atoms with Gasteiger partial charge in [0.2, 0.25) is 0 Å². The Balaban J connectivity index is 1.95. The molecule has 1 atom stereocenters. The van der Waals surface area contributed by atoms with Crippen LogP contribution in [0.4, 0.5) is 0 Å². The smallest absolute Gasteiger partial charge is 0.106 e. The fourth-order valence-electron chi connectivity index (χ4n) is 2.10. The molecule has 0 spiro atoms. The SMILES string of the molecule is CNC(c1cnn(-c2ccccc2)n1)c1cnnn1C. The van der Waals surface area contributed by atoms with E-state index in [9.17, 15) is 0 Å². The van der Waals surface area contributed by atoms with Crippen LogP contribution in [0, 0.1) is 0 Å². The Morgan fingerprint density at radius 2 is 1.95 bits per heavy atom. The zero-order chi connectivity index (χ0) is 13.9. The molecule has 0 aliphatic heterocycles. The van der Waals surface area contributed by atoms with E-state index in [1.54, 1.807) is 21.9 Å². The standard InChI is InChI=1S/C13H15N7/c1-14-13(12-9-15-18-19(12)2)11-8-16-20(17-11)10-6-4-3-5-7-10/h3-9,13-14H,1-2H3. The van der Waals surface area contributed by atoms with E-state index in [-0.39, 0.29) is 6.04 Å². The molecule has 0 amide bonds. The number of hydrogen-bond donors (Lipinski definition) is 1. The lowest BCUT2D eigenvalue weighted by Crippen LogP contribution is -2.21. The van der Waals surface area contributed by atoms with Gasteiger partial charge in [-0.2, -0.15) is 15.0 Å². The Bertz CT molecular complexity index is 686. The van der Waals surface area contributed by atoms with Crippen LogP contribution in [0.2, 0.25) is 0 Å². The number of rotatable bonds is 4. The summed E-state index contributed by atoms with van der Waals surface area (Å²) < 4.78 is 1.72. The molecule has 0 saturated carbocycles. The molecule has 0 fully saturated rings. The van der Waals surface area contributed by atoms with E-state index in [4.69, 9.17) is 0 Å². The third-order valence-electron chi connectivity index (χ3n) is 3.13. The largest absolute Gasteiger partial charge is 0.307 e. The van der Waals surface area contributed by atoms with Crippen molar-refractivity contribution in [3.8, 4) is 5.69 Å². The van der Waals surface area contributed by atoms with Gasteiger partial charge in [0.05, 0.1) is 29.8 Å². The zero-order valence-electron chi connectivity index (χ0n) is 11.3. The van der Waals surface area contributed by atoms with Gasteiger partial charge in [-0.3, -0.25) is 4.68 Å². The predicted molar refractivity (Wildman–Crippen MR) is 73.3 cm³/mol. The lowest BCUT2D eigenvalue weighted by molar-refractivity contribution is 0.581. The second kappa shape index (κ2) is 5.22. The Kier molecular flexibility index (Phi) is 3.26. The topological polar surface area (TPSA) is 73.5 Å². The lowest BCUT2D eigenvalue weighted by atomic mass is 10.1. The number of para-hydroxylation sites is 1. The van der Waals surface area contributed by atoms with Crippen molar-refractivity contribution in [1.29, 1.82) is 0 Å². The third kappa shape index (κ3) is 2.19. The van der Waals surface area contributed by atoms with E-state index in [0.717, 1.165) is 17.1 Å². The van der Waals surface area contributed by atoms with Crippen molar-refractivity contribution in [1.82, 2.24) is 35.3 Å². The highest BCUT2D eigenvalue weighted by molar-refractivity contribution is 5.29. The van der Waals surface area contributed by atoms with Crippen LogP contribution in [0.3, 0.4) is 0 Å². The van der Waals surface area contributed by atoms with Crippen LogP contribution >= 0.6 is 0 Å². The lowest BCUT2D eigenvalue weighted by Gasteiger charge is -2.12. The van der Waals surface area contributed by atoms with Gasteiger partial charge in [-0.05, 0) is 19.2 Å². The molecule has 3 rings (SSSR count). The normalized spacial score (nSPS) is 12.5. The number of aryl methyl sites for hydroxylation is 1. The molecule has 1 unspecified atom stereocenters. The quantitative estimate of drug-likeness (QED) is 0.755. The summed E-state index contributed by atoms with van der Waals surface area (Å²) in [5.41, 5.74) is 2.69. The van der Waals surface area contributed by atoms with Crippen molar-refractivity contribution in [3.63, 3.8) is 0 Å². The molecule has 0 saturated heterocycles. The molecule has 2 heterocycles. The van der Waals surface area contributed by atoms with Crippen LogP contribution in [-0.2, 0) is 7.05 Å². The highest BCUT2D eigenvalue weighted by Crippen LogP contribution is 2.18. The molecule has 7 nitrogen and oxygen atoms in total. The summed E-state index contributed by atoms with van der Waals surface area (Å²) in [6.07, 6.45) is 3.48. The number of nitrogens with zero attached hydrogens (tertiary/aromatic N) is 6. The molecule has 3 aromatic rings. The summed E-state index contributed by atoms with van der Waals surface area (Å²) in [5.74, 6) is 0. The number of nitrogens with one attached hydrogen (secondary N) is 1. The molecular formula is C13H15N7. The van der Waals surface area contributed by atoms with E-state index in [2.05, 4.69) is 25.8 Å². The second-order valence-electron chi connectivity index (χ2n) is 4.40. The first-order chi connectivity index (χ1) is 9.79. The van der Waals surface area contributed by atoms with Crippen molar-refractivity contribution in [2.24, 2.45) is 7.05 Å². The summed E-state index contributed by atoms with van der Waals surface area (Å²) >= 11 is 0. The maximum atomic E-state index is 4.52. The first-order valence-corrected chi connectivity index (χ1v) is 6.29. The molecule has 20 heavy (non-hydrogen) atoms. The van der Waals surface area contributed by atoms with Gasteiger partial charge in [-0.25, -0.2) is 0 Å². The molecule has 0 aliphatic carbocycles. The molecule has 1 N–H and O–H groups in total. The highest BCUT2D eigenvalue weighted by atomic mass is 15.5. The number of aromatic nitrogens is 6. The summed E-state index contributed by atoms with van der Waals surface area (Å²) in [7, 11) is 3.73. The van der Waals surface area contributed by atoms with Gasteiger partial charge >= 0.3 is 0 Å². The summed E-state index contributed by atoms with van der Waals surface area (Å²) in [6.45, 7) is 0. The molecule has 7 heteroatoms. The molecule has 0 radical (unpaired) electrons. The van der Waals surface area contributed by atoms with Gasteiger partial charge in [-0.15, -0.1) is 5.10 Å². The minimum atomic E-state index is -0.0903. The minimum Gasteiger partial charge on any atom is -0.307 e. The summed E-state index contributed by atoms with van der Waals surface area (Å²) in [5, 5.41) is 19.9. The van der Waals surface area contributed by atoms with Crippen LogP contribution in [-0.4, -0.2) is 37.0 Å². The van der Waals surface area contributed by atoms with Crippen molar-refractivity contribution >= 4 is 0 Å². The fraction of sp³-hybridized carbons (Fsp3) is 0.231. The number of benzene rings is 1. The van der Waals surface area contributed by atoms with Crippen LogP contribution in [0.1, 0.15) is 17.4 Å². The summed E-state index contributed by atoms with van der Waals surface area (Å²) in [4.78, 5) is 1.61. The van der Waals surface area contributed by atoms with E-state index in [1.165, 1.54) is 0 Å². The van der Waals surface area contributed by atoms with Gasteiger partial charge in [0.1, 0.15) is 5.69 Å². The highest BCUT2D eigenvalue weighted by Gasteiger charge is 2.19. The Morgan fingerprint density at radius 3 is 2.60 bits per heavy atom. The zero-order valence-corrected chi connectivity index (χ0v) is 11.3. The fourth-order valence-corrected chi connectivity index (χ4v) is 2.10. The third-order valence-corrected chi connectivity index (χ3v) is 3.13. The van der Waals surface area contributed by atoms with Gasteiger partial charge < -0.3 is 5.32 Å². The maximum absolute atomic E-state index is 4.52. The first-order valence-electron chi connectivity index (χ1n) is 6.29. The van der Waals surface area contributed by atoms with Crippen molar-refractivity contribution < 1.29 is 0 Å². The molecule has 102 valence electrons. The Morgan fingerprint density at radius 1 is 1.15 bits per heavy atom. The van der Waals surface area contributed by atoms with Gasteiger partial charge in [0.25, 0.3) is 0 Å². The molecule has 2 aromatic heterocycles. The predicted octanol–water partition coefficient (Wildman–Crippen LogP) is 0.705. The first kappa shape index (κ1) is 12.5. The Labute approximate surface area is 116 Å². The minimum absolute atomic E-state index is 0.0903. The monoisotopic (exact) mass is 269 g/mol. The van der Waals surface area contributed by atoms with Crippen LogP contribution < -0.4 is 5.32 Å². The van der Waals surface area contributed by atoms with Crippen molar-refractivity contribution in [3.05, 3.63) is 54.1 Å². The van der Waals surface area contributed by atoms with E-state index < -0.39 is 0 Å². The average Bonchev–Trinajstić information content (AvgIpc) is 3.12. The maximum Gasteiger partial charge on any atom is 0.106 e. The Hall–Kier alpha value is -2.54.